The number of anilines is 3. The Labute approximate surface area is 198 Å². The molecule has 0 aliphatic rings. The molecule has 5 nitrogen and oxygen atoms in total. The molecule has 5 rings (SSSR count). The van der Waals surface area contributed by atoms with E-state index in [4.69, 9.17) is 4.74 Å². The van der Waals surface area contributed by atoms with Crippen molar-refractivity contribution in [2.75, 3.05) is 10.6 Å². The van der Waals surface area contributed by atoms with Gasteiger partial charge in [-0.05, 0) is 60.2 Å². The maximum absolute atomic E-state index is 12.7. The second kappa shape index (κ2) is 9.96. The van der Waals surface area contributed by atoms with Gasteiger partial charge in [-0.15, -0.1) is 0 Å². The zero-order chi connectivity index (χ0) is 23.2. The summed E-state index contributed by atoms with van der Waals surface area (Å²) in [5.41, 5.74) is 4.81. The van der Waals surface area contributed by atoms with Crippen LogP contribution in [0, 0.1) is 0 Å². The number of carbonyl (C=O) groups is 1. The zero-order valence-corrected chi connectivity index (χ0v) is 18.6. The van der Waals surface area contributed by atoms with Gasteiger partial charge in [-0.2, -0.15) is 0 Å². The second-order valence-corrected chi connectivity index (χ2v) is 8.02. The largest absolute Gasteiger partial charge is 0.488 e. The molecule has 0 spiro atoms. The van der Waals surface area contributed by atoms with Crippen LogP contribution in [0.3, 0.4) is 0 Å². The Morgan fingerprint density at radius 3 is 2.15 bits per heavy atom. The standard InChI is InChI=1S/C29H25N3O2/c33-29(31-25-16-14-24(15-17-25)30-23-10-5-2-6-11-23)20-32-19-18-26-27(32)12-7-13-28(26)34-21-22-8-3-1-4-9-22/h1-19,30H,20-21H2,(H,31,33). The van der Waals surface area contributed by atoms with Crippen molar-refractivity contribution in [1.82, 2.24) is 4.57 Å². The average molecular weight is 448 g/mol. The number of nitrogens with zero attached hydrogens (tertiary/aromatic N) is 1. The van der Waals surface area contributed by atoms with Gasteiger partial charge in [0, 0.05) is 28.6 Å². The number of hydrogen-bond acceptors (Lipinski definition) is 3. The SMILES string of the molecule is O=C(Cn1ccc2c(OCc3ccccc3)cccc21)Nc1ccc(Nc2ccccc2)cc1. The number of nitrogens with one attached hydrogen (secondary N) is 2. The van der Waals surface area contributed by atoms with Gasteiger partial charge >= 0.3 is 0 Å². The first-order chi connectivity index (χ1) is 16.7. The summed E-state index contributed by atoms with van der Waals surface area (Å²) >= 11 is 0. The fourth-order valence-corrected chi connectivity index (χ4v) is 3.87. The number of carbonyl (C=O) groups excluding carboxylic acids is 1. The predicted octanol–water partition coefficient (Wildman–Crippen LogP) is 6.60. The summed E-state index contributed by atoms with van der Waals surface area (Å²) in [6.45, 7) is 0.719. The number of hydrogen-bond donors (Lipinski definition) is 2. The molecule has 5 heteroatoms. The third kappa shape index (κ3) is 5.10. The van der Waals surface area contributed by atoms with Crippen molar-refractivity contribution in [3.8, 4) is 5.75 Å². The van der Waals surface area contributed by atoms with Crippen LogP contribution in [0.5, 0.6) is 5.75 Å². The molecule has 4 aromatic carbocycles. The van der Waals surface area contributed by atoms with Crippen LogP contribution in [0.15, 0.2) is 115 Å². The molecule has 0 bridgehead atoms. The molecule has 1 aromatic heterocycles. The summed E-state index contributed by atoms with van der Waals surface area (Å²) in [6, 6.07) is 35.6. The Balaban J connectivity index is 1.22. The second-order valence-electron chi connectivity index (χ2n) is 8.02. The Kier molecular flexibility index (Phi) is 6.25. The Hall–Kier alpha value is -4.51. The number of benzene rings is 4. The summed E-state index contributed by atoms with van der Waals surface area (Å²) in [7, 11) is 0. The molecule has 5 aromatic rings. The highest BCUT2D eigenvalue weighted by molar-refractivity contribution is 5.93. The number of para-hydroxylation sites is 1. The first-order valence-electron chi connectivity index (χ1n) is 11.2. The molecule has 168 valence electrons. The molecular weight excluding hydrogens is 422 g/mol. The van der Waals surface area contributed by atoms with E-state index >= 15 is 0 Å². The van der Waals surface area contributed by atoms with Gasteiger partial charge in [-0.25, -0.2) is 0 Å². The molecule has 0 unspecified atom stereocenters. The normalized spacial score (nSPS) is 10.7. The van der Waals surface area contributed by atoms with Crippen molar-refractivity contribution >= 4 is 33.9 Å². The highest BCUT2D eigenvalue weighted by Gasteiger charge is 2.10. The highest BCUT2D eigenvalue weighted by Crippen LogP contribution is 2.27. The van der Waals surface area contributed by atoms with Gasteiger partial charge in [0.25, 0.3) is 0 Å². The topological polar surface area (TPSA) is 55.3 Å². The summed E-state index contributed by atoms with van der Waals surface area (Å²) in [5, 5.41) is 7.31. The summed E-state index contributed by atoms with van der Waals surface area (Å²) in [5.74, 6) is 0.721. The molecule has 1 heterocycles. The van der Waals surface area contributed by atoms with Crippen molar-refractivity contribution < 1.29 is 9.53 Å². The summed E-state index contributed by atoms with van der Waals surface area (Å²) in [6.07, 6.45) is 1.92. The lowest BCUT2D eigenvalue weighted by molar-refractivity contribution is -0.116. The fourth-order valence-electron chi connectivity index (χ4n) is 3.87. The number of fused-ring (bicyclic) bond motifs is 1. The first kappa shape index (κ1) is 21.3. The Bertz CT molecular complexity index is 1380. The molecule has 0 aliphatic carbocycles. The molecular formula is C29H25N3O2. The smallest absolute Gasteiger partial charge is 0.244 e. The first-order valence-corrected chi connectivity index (χ1v) is 11.2. The fraction of sp³-hybridized carbons (Fsp3) is 0.0690. The van der Waals surface area contributed by atoms with E-state index in [-0.39, 0.29) is 12.5 Å². The lowest BCUT2D eigenvalue weighted by Crippen LogP contribution is -2.18. The third-order valence-electron chi connectivity index (χ3n) is 5.56. The van der Waals surface area contributed by atoms with E-state index in [0.717, 1.165) is 39.3 Å². The molecule has 0 saturated heterocycles. The van der Waals surface area contributed by atoms with Gasteiger partial charge in [0.1, 0.15) is 18.9 Å². The minimum atomic E-state index is -0.0862. The lowest BCUT2D eigenvalue weighted by atomic mass is 10.2. The maximum atomic E-state index is 12.7. The van der Waals surface area contributed by atoms with Crippen LogP contribution in [-0.2, 0) is 17.9 Å². The number of aromatic nitrogens is 1. The van der Waals surface area contributed by atoms with Crippen molar-refractivity contribution in [3.05, 3.63) is 121 Å². The molecule has 0 atom stereocenters. The van der Waals surface area contributed by atoms with E-state index < -0.39 is 0 Å². The van der Waals surface area contributed by atoms with E-state index in [1.54, 1.807) is 0 Å². The lowest BCUT2D eigenvalue weighted by Gasteiger charge is -2.11. The van der Waals surface area contributed by atoms with Gasteiger partial charge in [-0.3, -0.25) is 4.79 Å². The van der Waals surface area contributed by atoms with Crippen molar-refractivity contribution in [2.24, 2.45) is 0 Å². The Morgan fingerprint density at radius 1 is 0.706 bits per heavy atom. The monoisotopic (exact) mass is 447 g/mol. The van der Waals surface area contributed by atoms with Gasteiger partial charge < -0.3 is 19.9 Å². The van der Waals surface area contributed by atoms with Crippen LogP contribution < -0.4 is 15.4 Å². The molecule has 0 fully saturated rings. The van der Waals surface area contributed by atoms with Gasteiger partial charge in [0.15, 0.2) is 0 Å². The summed E-state index contributed by atoms with van der Waals surface area (Å²) < 4.78 is 7.99. The zero-order valence-electron chi connectivity index (χ0n) is 18.6. The molecule has 0 saturated carbocycles. The molecule has 1 amide bonds. The highest BCUT2D eigenvalue weighted by atomic mass is 16.5. The van der Waals surface area contributed by atoms with Crippen LogP contribution >= 0.6 is 0 Å². The van der Waals surface area contributed by atoms with Crippen LogP contribution in [0.2, 0.25) is 0 Å². The van der Waals surface area contributed by atoms with E-state index in [9.17, 15) is 4.79 Å². The van der Waals surface area contributed by atoms with Gasteiger partial charge in [0.05, 0.1) is 5.52 Å². The van der Waals surface area contributed by atoms with Crippen molar-refractivity contribution in [1.29, 1.82) is 0 Å². The number of rotatable bonds is 8. The van der Waals surface area contributed by atoms with Gasteiger partial charge in [0.2, 0.25) is 5.91 Å². The molecule has 0 radical (unpaired) electrons. The van der Waals surface area contributed by atoms with E-state index in [2.05, 4.69) is 10.6 Å². The molecule has 2 N–H and O–H groups in total. The van der Waals surface area contributed by atoms with Crippen LogP contribution in [0.1, 0.15) is 5.56 Å². The third-order valence-corrected chi connectivity index (χ3v) is 5.56. The van der Waals surface area contributed by atoms with Crippen molar-refractivity contribution in [2.45, 2.75) is 13.2 Å². The minimum Gasteiger partial charge on any atom is -0.488 e. The number of ether oxygens (including phenoxy) is 1. The van der Waals surface area contributed by atoms with E-state index in [1.807, 2.05) is 120 Å². The number of amides is 1. The van der Waals surface area contributed by atoms with Crippen LogP contribution in [-0.4, -0.2) is 10.5 Å². The van der Waals surface area contributed by atoms with Gasteiger partial charge in [-0.1, -0.05) is 54.6 Å². The Morgan fingerprint density at radius 2 is 1.38 bits per heavy atom. The summed E-state index contributed by atoms with van der Waals surface area (Å²) in [4.78, 5) is 12.7. The predicted molar refractivity (Wildman–Crippen MR) is 138 cm³/mol. The van der Waals surface area contributed by atoms with E-state index in [0.29, 0.717) is 6.61 Å². The van der Waals surface area contributed by atoms with Crippen LogP contribution in [0.4, 0.5) is 17.1 Å². The molecule has 0 aliphatic heterocycles. The minimum absolute atomic E-state index is 0.0862. The molecule has 34 heavy (non-hydrogen) atoms. The van der Waals surface area contributed by atoms with Crippen LogP contribution in [0.25, 0.3) is 10.9 Å². The maximum Gasteiger partial charge on any atom is 0.244 e. The van der Waals surface area contributed by atoms with Crippen molar-refractivity contribution in [3.63, 3.8) is 0 Å². The quantitative estimate of drug-likeness (QED) is 0.282. The average Bonchev–Trinajstić information content (AvgIpc) is 3.28. The van der Waals surface area contributed by atoms with E-state index in [1.165, 1.54) is 0 Å².